The lowest BCUT2D eigenvalue weighted by atomic mass is 10.1. The number of nitrogens with two attached hydrogens (primary N) is 1. The number of nitrogen functional groups attached to an aromatic ring is 1. The van der Waals surface area contributed by atoms with E-state index in [2.05, 4.69) is 19.9 Å². The van der Waals surface area contributed by atoms with E-state index in [1.807, 2.05) is 77.0 Å². The molecule has 4 heterocycles. The monoisotopic (exact) mass is 394 g/mol. The molecular weight excluding hydrogens is 376 g/mol. The Hall–Kier alpha value is -4.33. The molecule has 2 N–H and O–H groups in total. The molecule has 30 heavy (non-hydrogen) atoms. The van der Waals surface area contributed by atoms with Gasteiger partial charge in [0.15, 0.2) is 5.82 Å². The predicted octanol–water partition coefficient (Wildman–Crippen LogP) is 3.47. The van der Waals surface area contributed by atoms with Gasteiger partial charge in [-0.1, -0.05) is 24.3 Å². The maximum atomic E-state index is 6.07. The highest BCUT2D eigenvalue weighted by Gasteiger charge is 2.22. The first kappa shape index (κ1) is 17.7. The van der Waals surface area contributed by atoms with Crippen molar-refractivity contribution in [1.29, 1.82) is 0 Å². The van der Waals surface area contributed by atoms with E-state index < -0.39 is 0 Å². The van der Waals surface area contributed by atoms with Crippen LogP contribution in [0.4, 0.5) is 5.95 Å². The van der Waals surface area contributed by atoms with Gasteiger partial charge in [0.05, 0.1) is 34.0 Å². The molecule has 8 heteroatoms. The number of pyridine rings is 1. The number of anilines is 1. The van der Waals surface area contributed by atoms with Crippen LogP contribution in [0.3, 0.4) is 0 Å². The normalized spacial score (nSPS) is 11.0. The average molecular weight is 394 g/mol. The van der Waals surface area contributed by atoms with Crippen LogP contribution in [0, 0.1) is 6.92 Å². The summed E-state index contributed by atoms with van der Waals surface area (Å²) in [7, 11) is 0. The number of benzene rings is 1. The van der Waals surface area contributed by atoms with Crippen LogP contribution < -0.4 is 5.73 Å². The van der Waals surface area contributed by atoms with Gasteiger partial charge in [0, 0.05) is 18.6 Å². The van der Waals surface area contributed by atoms with E-state index >= 15 is 0 Å². The molecule has 0 atom stereocenters. The molecule has 0 unspecified atom stereocenters. The Morgan fingerprint density at radius 1 is 0.867 bits per heavy atom. The quantitative estimate of drug-likeness (QED) is 0.501. The van der Waals surface area contributed by atoms with E-state index in [1.54, 1.807) is 18.7 Å². The maximum absolute atomic E-state index is 6.07. The van der Waals surface area contributed by atoms with Crippen LogP contribution in [0.5, 0.6) is 0 Å². The van der Waals surface area contributed by atoms with Crippen molar-refractivity contribution in [2.24, 2.45) is 0 Å². The van der Waals surface area contributed by atoms with Crippen LogP contribution in [0.2, 0.25) is 0 Å². The molecule has 4 aromatic heterocycles. The summed E-state index contributed by atoms with van der Waals surface area (Å²) < 4.78 is 3.80. The number of rotatable bonds is 4. The first-order valence-electron chi connectivity index (χ1n) is 9.40. The molecule has 0 spiro atoms. The second-order valence-corrected chi connectivity index (χ2v) is 6.71. The molecule has 0 aliphatic heterocycles. The molecule has 0 saturated carbocycles. The topological polar surface area (TPSA) is 100 Å². The first-order valence-corrected chi connectivity index (χ1v) is 9.40. The van der Waals surface area contributed by atoms with E-state index in [1.165, 1.54) is 0 Å². The summed E-state index contributed by atoms with van der Waals surface area (Å²) >= 11 is 0. The number of hydrogen-bond donors (Lipinski definition) is 1. The Morgan fingerprint density at radius 3 is 2.40 bits per heavy atom. The van der Waals surface area contributed by atoms with Crippen LogP contribution in [-0.2, 0) is 0 Å². The Bertz CT molecular complexity index is 1290. The summed E-state index contributed by atoms with van der Waals surface area (Å²) in [5.74, 6) is 0.998. The van der Waals surface area contributed by atoms with Crippen molar-refractivity contribution in [3.63, 3.8) is 0 Å². The lowest BCUT2D eigenvalue weighted by molar-refractivity contribution is 0.812. The lowest BCUT2D eigenvalue weighted by Crippen LogP contribution is -2.06. The third kappa shape index (κ3) is 3.10. The van der Waals surface area contributed by atoms with Crippen molar-refractivity contribution in [1.82, 2.24) is 34.3 Å². The standard InChI is InChI=1S/C22H18N8/c1-15-20(19-13-18(26-22(23)27-19)17-9-5-6-10-25-17)21(29-12-11-24-14-29)30(28-15)16-7-3-2-4-8-16/h2-14H,1H3,(H2,23,26,27). The third-order valence-corrected chi connectivity index (χ3v) is 4.71. The minimum absolute atomic E-state index is 0.177. The fraction of sp³-hybridized carbons (Fsp3) is 0.0455. The van der Waals surface area contributed by atoms with Crippen LogP contribution in [0.15, 0.2) is 79.5 Å². The van der Waals surface area contributed by atoms with Crippen molar-refractivity contribution in [2.45, 2.75) is 6.92 Å². The molecule has 0 fully saturated rings. The van der Waals surface area contributed by atoms with Gasteiger partial charge in [0.1, 0.15) is 6.33 Å². The molecule has 1 aromatic carbocycles. The van der Waals surface area contributed by atoms with Gasteiger partial charge in [0.2, 0.25) is 5.95 Å². The average Bonchev–Trinajstić information content (AvgIpc) is 3.42. The molecule has 5 aromatic rings. The molecule has 0 bridgehead atoms. The molecule has 0 amide bonds. The number of para-hydroxylation sites is 1. The summed E-state index contributed by atoms with van der Waals surface area (Å²) in [6, 6.07) is 17.5. The van der Waals surface area contributed by atoms with Crippen molar-refractivity contribution in [2.75, 3.05) is 5.73 Å². The number of imidazole rings is 1. The van der Waals surface area contributed by atoms with Crippen LogP contribution in [0.1, 0.15) is 5.69 Å². The van der Waals surface area contributed by atoms with Gasteiger partial charge in [-0.2, -0.15) is 5.10 Å². The Labute approximate surface area is 172 Å². The van der Waals surface area contributed by atoms with E-state index in [9.17, 15) is 0 Å². The van der Waals surface area contributed by atoms with Crippen LogP contribution in [0.25, 0.3) is 34.2 Å². The zero-order valence-electron chi connectivity index (χ0n) is 16.2. The Morgan fingerprint density at radius 2 is 1.67 bits per heavy atom. The van der Waals surface area contributed by atoms with Gasteiger partial charge in [0.25, 0.3) is 0 Å². The van der Waals surface area contributed by atoms with Gasteiger partial charge in [-0.15, -0.1) is 0 Å². The van der Waals surface area contributed by atoms with E-state index in [-0.39, 0.29) is 5.95 Å². The highest BCUT2D eigenvalue weighted by atomic mass is 15.4. The van der Waals surface area contributed by atoms with Gasteiger partial charge in [-0.3, -0.25) is 9.55 Å². The highest BCUT2D eigenvalue weighted by molar-refractivity contribution is 5.75. The second-order valence-electron chi connectivity index (χ2n) is 6.71. The first-order chi connectivity index (χ1) is 14.7. The van der Waals surface area contributed by atoms with Crippen molar-refractivity contribution < 1.29 is 0 Å². The van der Waals surface area contributed by atoms with Gasteiger partial charge >= 0.3 is 0 Å². The third-order valence-electron chi connectivity index (χ3n) is 4.71. The van der Waals surface area contributed by atoms with E-state index in [0.717, 1.165) is 28.5 Å². The Kier molecular flexibility index (Phi) is 4.29. The smallest absolute Gasteiger partial charge is 0.221 e. The Balaban J connectivity index is 1.76. The molecule has 0 saturated heterocycles. The SMILES string of the molecule is Cc1nn(-c2ccccc2)c(-n2ccnc2)c1-c1cc(-c2ccccn2)nc(N)n1. The number of aryl methyl sites for hydroxylation is 1. The molecule has 0 aliphatic rings. The van der Waals surface area contributed by atoms with E-state index in [4.69, 9.17) is 10.8 Å². The zero-order chi connectivity index (χ0) is 20.5. The van der Waals surface area contributed by atoms with E-state index in [0.29, 0.717) is 11.4 Å². The number of aromatic nitrogens is 7. The largest absolute Gasteiger partial charge is 0.368 e. The summed E-state index contributed by atoms with van der Waals surface area (Å²) in [6.45, 7) is 1.95. The summed E-state index contributed by atoms with van der Waals surface area (Å²) in [5.41, 5.74) is 10.7. The minimum Gasteiger partial charge on any atom is -0.368 e. The van der Waals surface area contributed by atoms with Gasteiger partial charge in [-0.25, -0.2) is 19.6 Å². The molecule has 8 nitrogen and oxygen atoms in total. The lowest BCUT2D eigenvalue weighted by Gasteiger charge is -2.11. The maximum Gasteiger partial charge on any atom is 0.221 e. The van der Waals surface area contributed by atoms with Crippen molar-refractivity contribution >= 4 is 5.95 Å². The summed E-state index contributed by atoms with van der Waals surface area (Å²) in [4.78, 5) is 17.5. The summed E-state index contributed by atoms with van der Waals surface area (Å²) in [5, 5.41) is 4.80. The second kappa shape index (κ2) is 7.25. The molecule has 0 radical (unpaired) electrons. The highest BCUT2D eigenvalue weighted by Crippen LogP contribution is 2.32. The number of hydrogen-bond acceptors (Lipinski definition) is 6. The van der Waals surface area contributed by atoms with Crippen LogP contribution >= 0.6 is 0 Å². The zero-order valence-corrected chi connectivity index (χ0v) is 16.2. The van der Waals surface area contributed by atoms with Gasteiger partial charge < -0.3 is 5.73 Å². The predicted molar refractivity (Wildman–Crippen MR) is 114 cm³/mol. The minimum atomic E-state index is 0.177. The van der Waals surface area contributed by atoms with Gasteiger partial charge in [-0.05, 0) is 37.3 Å². The summed E-state index contributed by atoms with van der Waals surface area (Å²) in [6.07, 6.45) is 7.07. The number of nitrogens with zero attached hydrogens (tertiary/aromatic N) is 7. The van der Waals surface area contributed by atoms with Crippen molar-refractivity contribution in [3.05, 3.63) is 85.2 Å². The van der Waals surface area contributed by atoms with Crippen LogP contribution in [-0.4, -0.2) is 34.3 Å². The fourth-order valence-corrected chi connectivity index (χ4v) is 3.43. The molecular formula is C22H18N8. The molecule has 146 valence electrons. The molecule has 5 rings (SSSR count). The van der Waals surface area contributed by atoms with Crippen molar-refractivity contribution in [3.8, 4) is 34.2 Å². The fourth-order valence-electron chi connectivity index (χ4n) is 3.43. The molecule has 0 aliphatic carbocycles.